The predicted octanol–water partition coefficient (Wildman–Crippen LogP) is -0.469. The molecule has 1 aliphatic heterocycles. The molecular formula is C9H16N4O2S. The number of rotatable bonds is 3. The standard InChI is InChI=1S/C9H16N4O2S/c10-4-1-9(13-8-11-7-12-13)2-5-16(14,15)6-3-9/h7-8H,1-6,10H2. The molecule has 0 saturated carbocycles. The Hall–Kier alpha value is -0.950. The van der Waals surface area contributed by atoms with Crippen molar-refractivity contribution in [1.82, 2.24) is 14.8 Å². The molecule has 90 valence electrons. The number of aromatic nitrogens is 3. The second-order valence-electron chi connectivity index (χ2n) is 4.25. The fraction of sp³-hybridized carbons (Fsp3) is 0.778. The fourth-order valence-corrected chi connectivity index (χ4v) is 3.82. The van der Waals surface area contributed by atoms with E-state index in [1.54, 1.807) is 11.0 Å². The van der Waals surface area contributed by atoms with Crippen LogP contribution < -0.4 is 5.73 Å². The summed E-state index contributed by atoms with van der Waals surface area (Å²) in [6, 6.07) is 0. The lowest BCUT2D eigenvalue weighted by Gasteiger charge is -2.36. The molecule has 0 aliphatic carbocycles. The lowest BCUT2D eigenvalue weighted by molar-refractivity contribution is 0.213. The van der Waals surface area contributed by atoms with Crippen molar-refractivity contribution in [3.05, 3.63) is 12.7 Å². The Morgan fingerprint density at radius 3 is 2.56 bits per heavy atom. The van der Waals surface area contributed by atoms with Crippen molar-refractivity contribution in [3.63, 3.8) is 0 Å². The van der Waals surface area contributed by atoms with Gasteiger partial charge in [-0.05, 0) is 25.8 Å². The van der Waals surface area contributed by atoms with Gasteiger partial charge in [0.25, 0.3) is 0 Å². The Labute approximate surface area is 94.8 Å². The zero-order chi connectivity index (χ0) is 11.6. The average Bonchev–Trinajstić information content (AvgIpc) is 2.76. The molecule has 0 spiro atoms. The van der Waals surface area contributed by atoms with E-state index in [4.69, 9.17) is 5.73 Å². The van der Waals surface area contributed by atoms with Gasteiger partial charge in [-0.15, -0.1) is 0 Å². The molecule has 1 saturated heterocycles. The molecule has 1 aromatic rings. The van der Waals surface area contributed by atoms with Gasteiger partial charge in [0.05, 0.1) is 17.0 Å². The van der Waals surface area contributed by atoms with E-state index in [-0.39, 0.29) is 17.0 Å². The van der Waals surface area contributed by atoms with Gasteiger partial charge in [-0.2, -0.15) is 5.10 Å². The van der Waals surface area contributed by atoms with Gasteiger partial charge in [0.1, 0.15) is 12.7 Å². The summed E-state index contributed by atoms with van der Waals surface area (Å²) in [5, 5.41) is 4.13. The van der Waals surface area contributed by atoms with Crippen molar-refractivity contribution in [1.29, 1.82) is 0 Å². The fourth-order valence-electron chi connectivity index (χ4n) is 2.23. The van der Waals surface area contributed by atoms with Crippen LogP contribution in [0.4, 0.5) is 0 Å². The van der Waals surface area contributed by atoms with E-state index in [1.807, 2.05) is 0 Å². The summed E-state index contributed by atoms with van der Waals surface area (Å²) in [6.45, 7) is 0.528. The first kappa shape index (κ1) is 11.5. The van der Waals surface area contributed by atoms with Gasteiger partial charge in [0.2, 0.25) is 0 Å². The molecule has 2 rings (SSSR count). The van der Waals surface area contributed by atoms with Crippen LogP contribution in [0.15, 0.2) is 12.7 Å². The minimum Gasteiger partial charge on any atom is -0.330 e. The zero-order valence-electron chi connectivity index (χ0n) is 9.04. The monoisotopic (exact) mass is 244 g/mol. The molecule has 0 aromatic carbocycles. The van der Waals surface area contributed by atoms with Gasteiger partial charge in [-0.25, -0.2) is 18.1 Å². The van der Waals surface area contributed by atoms with E-state index in [1.165, 1.54) is 6.33 Å². The molecule has 0 bridgehead atoms. The highest BCUT2D eigenvalue weighted by atomic mass is 32.2. The van der Waals surface area contributed by atoms with E-state index in [0.717, 1.165) is 6.42 Å². The van der Waals surface area contributed by atoms with Crippen LogP contribution in [-0.4, -0.2) is 41.2 Å². The van der Waals surface area contributed by atoms with E-state index in [9.17, 15) is 8.42 Å². The SMILES string of the molecule is NCCC1(n2cncn2)CCS(=O)(=O)CC1. The number of hydrogen-bond donors (Lipinski definition) is 1. The first-order valence-electron chi connectivity index (χ1n) is 5.34. The predicted molar refractivity (Wildman–Crippen MR) is 59.6 cm³/mol. The van der Waals surface area contributed by atoms with E-state index < -0.39 is 9.84 Å². The highest BCUT2D eigenvalue weighted by Gasteiger charge is 2.38. The topological polar surface area (TPSA) is 90.9 Å². The second-order valence-corrected chi connectivity index (χ2v) is 6.56. The van der Waals surface area contributed by atoms with Crippen molar-refractivity contribution >= 4 is 9.84 Å². The zero-order valence-corrected chi connectivity index (χ0v) is 9.86. The largest absolute Gasteiger partial charge is 0.330 e. The van der Waals surface area contributed by atoms with Crippen LogP contribution in [0.1, 0.15) is 19.3 Å². The van der Waals surface area contributed by atoms with Crippen molar-refractivity contribution < 1.29 is 8.42 Å². The number of nitrogens with zero attached hydrogens (tertiary/aromatic N) is 3. The highest BCUT2D eigenvalue weighted by Crippen LogP contribution is 2.33. The van der Waals surface area contributed by atoms with Crippen LogP contribution in [0, 0.1) is 0 Å². The smallest absolute Gasteiger partial charge is 0.150 e. The third-order valence-corrected chi connectivity index (χ3v) is 4.92. The molecule has 6 nitrogen and oxygen atoms in total. The lowest BCUT2D eigenvalue weighted by Crippen LogP contribution is -2.43. The summed E-state index contributed by atoms with van der Waals surface area (Å²) in [6.07, 6.45) is 5.02. The molecular weight excluding hydrogens is 228 g/mol. The molecule has 0 amide bonds. The molecule has 16 heavy (non-hydrogen) atoms. The van der Waals surface area contributed by atoms with Gasteiger partial charge >= 0.3 is 0 Å². The van der Waals surface area contributed by atoms with E-state index in [0.29, 0.717) is 19.4 Å². The molecule has 1 fully saturated rings. The highest BCUT2D eigenvalue weighted by molar-refractivity contribution is 7.91. The lowest BCUT2D eigenvalue weighted by atomic mass is 9.89. The second kappa shape index (κ2) is 4.14. The maximum atomic E-state index is 11.4. The Bertz CT molecular complexity index is 426. The van der Waals surface area contributed by atoms with Crippen LogP contribution in [-0.2, 0) is 15.4 Å². The number of nitrogens with two attached hydrogens (primary N) is 1. The molecule has 7 heteroatoms. The van der Waals surface area contributed by atoms with Crippen molar-refractivity contribution in [2.75, 3.05) is 18.1 Å². The molecule has 0 unspecified atom stereocenters. The summed E-state index contributed by atoms with van der Waals surface area (Å²) < 4.78 is 24.6. The third kappa shape index (κ3) is 2.10. The minimum absolute atomic E-state index is 0.215. The molecule has 0 atom stereocenters. The summed E-state index contributed by atoms with van der Waals surface area (Å²) in [7, 11) is -2.87. The number of hydrogen-bond acceptors (Lipinski definition) is 5. The first-order chi connectivity index (χ1) is 7.58. The Morgan fingerprint density at radius 2 is 2.06 bits per heavy atom. The van der Waals surface area contributed by atoms with Crippen molar-refractivity contribution in [2.45, 2.75) is 24.8 Å². The van der Waals surface area contributed by atoms with Crippen LogP contribution in [0.2, 0.25) is 0 Å². The van der Waals surface area contributed by atoms with Gasteiger partial charge in [-0.1, -0.05) is 0 Å². The average molecular weight is 244 g/mol. The van der Waals surface area contributed by atoms with E-state index >= 15 is 0 Å². The normalized spacial score (nSPS) is 23.1. The van der Waals surface area contributed by atoms with Gasteiger partial charge in [0.15, 0.2) is 9.84 Å². The molecule has 2 heterocycles. The first-order valence-corrected chi connectivity index (χ1v) is 7.16. The third-order valence-electron chi connectivity index (χ3n) is 3.27. The summed E-state index contributed by atoms with van der Waals surface area (Å²) >= 11 is 0. The van der Waals surface area contributed by atoms with Gasteiger partial charge in [-0.3, -0.25) is 0 Å². The van der Waals surface area contributed by atoms with E-state index in [2.05, 4.69) is 10.1 Å². The van der Waals surface area contributed by atoms with Crippen LogP contribution >= 0.6 is 0 Å². The van der Waals surface area contributed by atoms with Crippen LogP contribution in [0.5, 0.6) is 0 Å². The Morgan fingerprint density at radius 1 is 1.38 bits per heavy atom. The van der Waals surface area contributed by atoms with Crippen molar-refractivity contribution in [2.24, 2.45) is 5.73 Å². The maximum Gasteiger partial charge on any atom is 0.150 e. The Balaban J connectivity index is 2.25. The molecule has 1 aromatic heterocycles. The molecule has 1 aliphatic rings. The van der Waals surface area contributed by atoms with Crippen molar-refractivity contribution in [3.8, 4) is 0 Å². The summed E-state index contributed by atoms with van der Waals surface area (Å²) in [5.74, 6) is 0.430. The molecule has 2 N–H and O–H groups in total. The minimum atomic E-state index is -2.87. The quantitative estimate of drug-likeness (QED) is 0.776. The summed E-state index contributed by atoms with van der Waals surface area (Å²) in [5.41, 5.74) is 5.35. The Kier molecular flexibility index (Phi) is 2.98. The van der Waals surface area contributed by atoms with Crippen LogP contribution in [0.25, 0.3) is 0 Å². The summed E-state index contributed by atoms with van der Waals surface area (Å²) in [4.78, 5) is 3.92. The maximum absolute atomic E-state index is 11.4. The molecule has 0 radical (unpaired) electrons. The number of sulfone groups is 1. The van der Waals surface area contributed by atoms with Crippen LogP contribution in [0.3, 0.4) is 0 Å². The van der Waals surface area contributed by atoms with Gasteiger partial charge in [0, 0.05) is 0 Å². The van der Waals surface area contributed by atoms with Gasteiger partial charge < -0.3 is 5.73 Å².